The smallest absolute Gasteiger partial charge is 0.143 e. The van der Waals surface area contributed by atoms with E-state index in [1.807, 2.05) is 30.3 Å². The Morgan fingerprint density at radius 3 is 2.33 bits per heavy atom. The first-order valence-corrected chi connectivity index (χ1v) is 2.77. The summed E-state index contributed by atoms with van der Waals surface area (Å²) in [6.07, 6.45) is 2.31. The van der Waals surface area contributed by atoms with Gasteiger partial charge in [0.25, 0.3) is 0 Å². The highest BCUT2D eigenvalue weighted by atomic mass is 16.2. The predicted octanol–water partition coefficient (Wildman–Crippen LogP) is 2.09. The molecule has 0 bridgehead atoms. The Balaban J connectivity index is 2.85. The van der Waals surface area contributed by atoms with Crippen LogP contribution in [0.15, 0.2) is 36.6 Å². The van der Waals surface area contributed by atoms with Gasteiger partial charge in [-0.2, -0.15) is 0 Å². The second-order valence-electron chi connectivity index (χ2n) is 1.71. The first-order valence-electron chi connectivity index (χ1n) is 2.77. The standard InChI is InChI=1S/C8H7O/c9-7-6-8-4-2-1-3-5-8/h1-7H. The lowest BCUT2D eigenvalue weighted by molar-refractivity contribution is 0.355. The van der Waals surface area contributed by atoms with Crippen LogP contribution in [0.3, 0.4) is 0 Å². The molecule has 0 aliphatic rings. The van der Waals surface area contributed by atoms with Gasteiger partial charge in [-0.15, -0.1) is 0 Å². The van der Waals surface area contributed by atoms with Crippen LogP contribution in [0, 0.1) is 0 Å². The Morgan fingerprint density at radius 2 is 1.78 bits per heavy atom. The van der Waals surface area contributed by atoms with Crippen LogP contribution in [0.5, 0.6) is 0 Å². The molecule has 9 heavy (non-hydrogen) atoms. The predicted molar refractivity (Wildman–Crippen MR) is 36.2 cm³/mol. The third-order valence-electron chi connectivity index (χ3n) is 1.06. The van der Waals surface area contributed by atoms with Gasteiger partial charge in [0.15, 0.2) is 0 Å². The average Bonchev–Trinajstić information content (AvgIpc) is 1.91. The summed E-state index contributed by atoms with van der Waals surface area (Å²) in [4.78, 5) is 0. The molecule has 0 fully saturated rings. The molecule has 1 aromatic carbocycles. The van der Waals surface area contributed by atoms with Crippen LogP contribution in [-0.2, 0) is 5.11 Å². The van der Waals surface area contributed by atoms with E-state index in [2.05, 4.69) is 0 Å². The molecule has 1 radical (unpaired) electrons. The largest absolute Gasteiger partial charge is 0.299 e. The van der Waals surface area contributed by atoms with Gasteiger partial charge >= 0.3 is 0 Å². The molecule has 0 amide bonds. The lowest BCUT2D eigenvalue weighted by Crippen LogP contribution is -1.65. The van der Waals surface area contributed by atoms with Crippen LogP contribution in [0.25, 0.3) is 6.08 Å². The fourth-order valence-corrected chi connectivity index (χ4v) is 0.643. The first kappa shape index (κ1) is 5.89. The van der Waals surface area contributed by atoms with E-state index >= 15 is 0 Å². The molecule has 0 saturated heterocycles. The molecule has 0 saturated carbocycles. The van der Waals surface area contributed by atoms with Crippen molar-refractivity contribution < 1.29 is 5.11 Å². The van der Waals surface area contributed by atoms with Crippen molar-refractivity contribution in [2.75, 3.05) is 0 Å². The number of rotatable bonds is 1. The van der Waals surface area contributed by atoms with E-state index in [9.17, 15) is 5.11 Å². The van der Waals surface area contributed by atoms with E-state index in [0.29, 0.717) is 0 Å². The molecule has 0 heterocycles. The molecule has 0 aromatic heterocycles. The summed E-state index contributed by atoms with van der Waals surface area (Å²) in [5.41, 5.74) is 0.951. The fraction of sp³-hybridized carbons (Fsp3) is 0. The molecular formula is C8H7O. The lowest BCUT2D eigenvalue weighted by Gasteiger charge is -1.85. The summed E-state index contributed by atoms with van der Waals surface area (Å²) >= 11 is 0. The summed E-state index contributed by atoms with van der Waals surface area (Å²) in [5, 5.41) is 9.92. The number of hydrogen-bond donors (Lipinski definition) is 0. The highest BCUT2D eigenvalue weighted by molar-refractivity contribution is 5.47. The van der Waals surface area contributed by atoms with Gasteiger partial charge in [0, 0.05) is 0 Å². The van der Waals surface area contributed by atoms with E-state index in [-0.39, 0.29) is 0 Å². The van der Waals surface area contributed by atoms with Gasteiger partial charge in [0.05, 0.1) is 0 Å². The Kier molecular flexibility index (Phi) is 1.91. The summed E-state index contributed by atoms with van der Waals surface area (Å²) in [6, 6.07) is 9.48. The summed E-state index contributed by atoms with van der Waals surface area (Å²) in [7, 11) is 0. The molecule has 0 aliphatic carbocycles. The SMILES string of the molecule is [O]C=Cc1ccccc1. The molecule has 1 rings (SSSR count). The molecular weight excluding hydrogens is 112 g/mol. The van der Waals surface area contributed by atoms with Crippen LogP contribution in [-0.4, -0.2) is 0 Å². The van der Waals surface area contributed by atoms with Gasteiger partial charge in [0.1, 0.15) is 6.26 Å². The van der Waals surface area contributed by atoms with E-state index in [4.69, 9.17) is 0 Å². The third kappa shape index (κ3) is 1.61. The molecule has 0 atom stereocenters. The van der Waals surface area contributed by atoms with Crippen molar-refractivity contribution in [3.63, 3.8) is 0 Å². The minimum absolute atomic E-state index is 0.787. The Labute approximate surface area is 54.3 Å². The summed E-state index contributed by atoms with van der Waals surface area (Å²) in [6.45, 7) is 0. The van der Waals surface area contributed by atoms with Gasteiger partial charge in [-0.1, -0.05) is 30.3 Å². The van der Waals surface area contributed by atoms with Crippen LogP contribution in [0.2, 0.25) is 0 Å². The van der Waals surface area contributed by atoms with Crippen LogP contribution in [0.4, 0.5) is 0 Å². The quantitative estimate of drug-likeness (QED) is 0.504. The highest BCUT2D eigenvalue weighted by Gasteiger charge is 1.79. The third-order valence-corrected chi connectivity index (χ3v) is 1.06. The van der Waals surface area contributed by atoms with Gasteiger partial charge in [-0.05, 0) is 11.6 Å². The second-order valence-corrected chi connectivity index (χ2v) is 1.71. The molecule has 1 heteroatoms. The summed E-state index contributed by atoms with van der Waals surface area (Å²) in [5.74, 6) is 0. The number of hydrogen-bond acceptors (Lipinski definition) is 0. The van der Waals surface area contributed by atoms with Gasteiger partial charge in [-0.25, -0.2) is 0 Å². The maximum Gasteiger partial charge on any atom is 0.143 e. The van der Waals surface area contributed by atoms with E-state index in [0.717, 1.165) is 11.8 Å². The molecule has 0 N–H and O–H groups in total. The first-order chi connectivity index (χ1) is 4.43. The van der Waals surface area contributed by atoms with Crippen molar-refractivity contribution in [1.29, 1.82) is 0 Å². The van der Waals surface area contributed by atoms with Crippen molar-refractivity contribution in [2.24, 2.45) is 0 Å². The molecule has 1 nitrogen and oxygen atoms in total. The zero-order valence-electron chi connectivity index (χ0n) is 4.95. The monoisotopic (exact) mass is 119 g/mol. The van der Waals surface area contributed by atoms with E-state index in [1.165, 1.54) is 6.08 Å². The normalized spacial score (nSPS) is 10.2. The Hall–Kier alpha value is -1.24. The molecule has 0 unspecified atom stereocenters. The number of benzene rings is 1. The van der Waals surface area contributed by atoms with Crippen molar-refractivity contribution in [1.82, 2.24) is 0 Å². The molecule has 1 aromatic rings. The van der Waals surface area contributed by atoms with Crippen molar-refractivity contribution in [3.8, 4) is 0 Å². The molecule has 0 aliphatic heterocycles. The maximum absolute atomic E-state index is 9.92. The summed E-state index contributed by atoms with van der Waals surface area (Å²) < 4.78 is 0. The maximum atomic E-state index is 9.92. The topological polar surface area (TPSA) is 19.9 Å². The van der Waals surface area contributed by atoms with Crippen molar-refractivity contribution in [3.05, 3.63) is 42.2 Å². The zero-order valence-corrected chi connectivity index (χ0v) is 4.95. The molecule has 45 valence electrons. The van der Waals surface area contributed by atoms with Crippen LogP contribution in [0.1, 0.15) is 5.56 Å². The highest BCUT2D eigenvalue weighted by Crippen LogP contribution is 1.99. The van der Waals surface area contributed by atoms with Crippen LogP contribution < -0.4 is 0 Å². The lowest BCUT2D eigenvalue weighted by atomic mass is 10.2. The Bertz CT molecular complexity index is 189. The van der Waals surface area contributed by atoms with Gasteiger partial charge in [-0.3, -0.25) is 5.11 Å². The van der Waals surface area contributed by atoms with Crippen LogP contribution >= 0.6 is 0 Å². The Morgan fingerprint density at radius 1 is 1.11 bits per heavy atom. The van der Waals surface area contributed by atoms with E-state index in [1.54, 1.807) is 0 Å². The minimum Gasteiger partial charge on any atom is -0.299 e. The van der Waals surface area contributed by atoms with Gasteiger partial charge in [0.2, 0.25) is 0 Å². The van der Waals surface area contributed by atoms with Crippen molar-refractivity contribution in [2.45, 2.75) is 0 Å². The van der Waals surface area contributed by atoms with Crippen molar-refractivity contribution >= 4 is 6.08 Å². The fourth-order valence-electron chi connectivity index (χ4n) is 0.643. The van der Waals surface area contributed by atoms with Gasteiger partial charge < -0.3 is 0 Å². The zero-order chi connectivity index (χ0) is 6.53. The van der Waals surface area contributed by atoms with E-state index < -0.39 is 0 Å². The minimum atomic E-state index is 0.787. The molecule has 0 spiro atoms. The second kappa shape index (κ2) is 2.92. The average molecular weight is 119 g/mol.